The van der Waals surface area contributed by atoms with Gasteiger partial charge in [0.05, 0.1) is 10.6 Å². The Labute approximate surface area is 111 Å². The van der Waals surface area contributed by atoms with E-state index in [9.17, 15) is 4.79 Å². The number of hydrogen-bond donors (Lipinski definition) is 1. The van der Waals surface area contributed by atoms with Crippen LogP contribution in [0.5, 0.6) is 0 Å². The fourth-order valence-corrected chi connectivity index (χ4v) is 1.94. The van der Waals surface area contributed by atoms with Crippen molar-refractivity contribution < 1.29 is 4.79 Å². The lowest BCUT2D eigenvalue weighted by Gasteiger charge is -2.09. The number of halogens is 1. The van der Waals surface area contributed by atoms with Crippen molar-refractivity contribution in [3.63, 3.8) is 0 Å². The molecule has 1 amide bonds. The van der Waals surface area contributed by atoms with Crippen molar-refractivity contribution in [2.24, 2.45) is 0 Å². The van der Waals surface area contributed by atoms with Crippen LogP contribution in [0.2, 0.25) is 5.02 Å². The molecule has 0 saturated heterocycles. The first-order chi connectivity index (χ1) is 8.04. The van der Waals surface area contributed by atoms with Gasteiger partial charge < -0.3 is 5.32 Å². The molecular formula is C12H17ClN2OS. The van der Waals surface area contributed by atoms with Gasteiger partial charge in [0.25, 0.3) is 5.91 Å². The Morgan fingerprint density at radius 2 is 2.35 bits per heavy atom. The second kappa shape index (κ2) is 6.87. The summed E-state index contributed by atoms with van der Waals surface area (Å²) in [6.45, 7) is 4.63. The smallest absolute Gasteiger partial charge is 0.254 e. The molecule has 94 valence electrons. The van der Waals surface area contributed by atoms with Gasteiger partial charge >= 0.3 is 0 Å². The van der Waals surface area contributed by atoms with Gasteiger partial charge in [-0.05, 0) is 25.7 Å². The minimum Gasteiger partial charge on any atom is -0.352 e. The van der Waals surface area contributed by atoms with E-state index in [0.717, 1.165) is 12.1 Å². The summed E-state index contributed by atoms with van der Waals surface area (Å²) in [7, 11) is 0. The first-order valence-corrected chi connectivity index (χ1v) is 7.14. The van der Waals surface area contributed by atoms with E-state index in [-0.39, 0.29) is 5.91 Å². The molecule has 0 aromatic carbocycles. The quantitative estimate of drug-likeness (QED) is 0.896. The van der Waals surface area contributed by atoms with Gasteiger partial charge in [0, 0.05) is 23.7 Å². The van der Waals surface area contributed by atoms with Gasteiger partial charge in [-0.15, -0.1) is 0 Å². The largest absolute Gasteiger partial charge is 0.352 e. The lowest BCUT2D eigenvalue weighted by molar-refractivity contribution is 0.0953. The van der Waals surface area contributed by atoms with Crippen LogP contribution in [0.15, 0.2) is 12.3 Å². The van der Waals surface area contributed by atoms with Crippen molar-refractivity contribution in [2.45, 2.75) is 25.5 Å². The van der Waals surface area contributed by atoms with E-state index < -0.39 is 0 Å². The Bertz CT molecular complexity index is 398. The molecule has 17 heavy (non-hydrogen) atoms. The standard InChI is InChI=1S/C12H17ClN2OS/c1-8-6-11(13)10(7-15-8)12(16)14-5-4-9(2)17-3/h6-7,9H,4-5H2,1-3H3,(H,14,16). The third-order valence-corrected chi connectivity index (χ3v) is 3.83. The summed E-state index contributed by atoms with van der Waals surface area (Å²) in [6.07, 6.45) is 4.53. The van der Waals surface area contributed by atoms with Crippen molar-refractivity contribution in [1.29, 1.82) is 0 Å². The third-order valence-electron chi connectivity index (χ3n) is 2.47. The number of hydrogen-bond acceptors (Lipinski definition) is 3. The van der Waals surface area contributed by atoms with Crippen molar-refractivity contribution >= 4 is 29.3 Å². The molecule has 3 nitrogen and oxygen atoms in total. The number of aryl methyl sites for hydroxylation is 1. The fraction of sp³-hybridized carbons (Fsp3) is 0.500. The molecule has 0 saturated carbocycles. The second-order valence-electron chi connectivity index (χ2n) is 3.90. The van der Waals surface area contributed by atoms with Crippen LogP contribution in [-0.2, 0) is 0 Å². The maximum absolute atomic E-state index is 11.8. The van der Waals surface area contributed by atoms with E-state index in [4.69, 9.17) is 11.6 Å². The molecule has 1 unspecified atom stereocenters. The summed E-state index contributed by atoms with van der Waals surface area (Å²) in [4.78, 5) is 15.9. The number of thioether (sulfide) groups is 1. The summed E-state index contributed by atoms with van der Waals surface area (Å²) < 4.78 is 0. The van der Waals surface area contributed by atoms with Gasteiger partial charge in [-0.25, -0.2) is 0 Å². The highest BCUT2D eigenvalue weighted by atomic mass is 35.5. The first kappa shape index (κ1) is 14.3. The van der Waals surface area contributed by atoms with Crippen molar-refractivity contribution in [1.82, 2.24) is 10.3 Å². The predicted molar refractivity (Wildman–Crippen MR) is 73.9 cm³/mol. The molecule has 1 atom stereocenters. The molecule has 0 fully saturated rings. The molecule has 0 spiro atoms. The highest BCUT2D eigenvalue weighted by Gasteiger charge is 2.10. The summed E-state index contributed by atoms with van der Waals surface area (Å²) >= 11 is 7.78. The van der Waals surface area contributed by atoms with Crippen LogP contribution < -0.4 is 5.32 Å². The van der Waals surface area contributed by atoms with Gasteiger partial charge in [0.15, 0.2) is 0 Å². The normalized spacial score (nSPS) is 12.2. The zero-order chi connectivity index (χ0) is 12.8. The van der Waals surface area contributed by atoms with Crippen LogP contribution in [0.1, 0.15) is 29.4 Å². The van der Waals surface area contributed by atoms with Crippen LogP contribution in [0, 0.1) is 6.92 Å². The maximum Gasteiger partial charge on any atom is 0.254 e. The van der Waals surface area contributed by atoms with Crippen molar-refractivity contribution in [2.75, 3.05) is 12.8 Å². The van der Waals surface area contributed by atoms with E-state index in [0.29, 0.717) is 22.4 Å². The van der Waals surface area contributed by atoms with Crippen LogP contribution in [0.4, 0.5) is 0 Å². The Balaban J connectivity index is 2.52. The van der Waals surface area contributed by atoms with E-state index in [1.807, 2.05) is 6.92 Å². The van der Waals surface area contributed by atoms with Crippen LogP contribution in [-0.4, -0.2) is 28.9 Å². The van der Waals surface area contributed by atoms with E-state index >= 15 is 0 Å². The van der Waals surface area contributed by atoms with Crippen molar-refractivity contribution in [3.05, 3.63) is 28.5 Å². The fourth-order valence-electron chi connectivity index (χ4n) is 1.30. The van der Waals surface area contributed by atoms with E-state index in [2.05, 4.69) is 23.5 Å². The summed E-state index contributed by atoms with van der Waals surface area (Å²) in [5.74, 6) is -0.157. The zero-order valence-electron chi connectivity index (χ0n) is 10.3. The molecule has 0 bridgehead atoms. The number of carbonyl (C=O) groups excluding carboxylic acids is 1. The summed E-state index contributed by atoms with van der Waals surface area (Å²) in [5, 5.41) is 3.84. The predicted octanol–water partition coefficient (Wildman–Crippen LogP) is 2.91. The van der Waals surface area contributed by atoms with Gasteiger partial charge in [-0.3, -0.25) is 9.78 Å². The number of carbonyl (C=O) groups is 1. The molecule has 1 N–H and O–H groups in total. The van der Waals surface area contributed by atoms with Crippen LogP contribution >= 0.6 is 23.4 Å². The van der Waals surface area contributed by atoms with Gasteiger partial charge in [-0.1, -0.05) is 18.5 Å². The third kappa shape index (κ3) is 4.56. The minimum absolute atomic E-state index is 0.157. The Morgan fingerprint density at radius 1 is 1.65 bits per heavy atom. The molecule has 1 heterocycles. The van der Waals surface area contributed by atoms with E-state index in [1.165, 1.54) is 6.20 Å². The summed E-state index contributed by atoms with van der Waals surface area (Å²) in [5.41, 5.74) is 1.25. The molecule has 0 aliphatic rings. The summed E-state index contributed by atoms with van der Waals surface area (Å²) in [6, 6.07) is 1.70. The molecule has 1 aromatic heterocycles. The molecule has 0 aliphatic carbocycles. The van der Waals surface area contributed by atoms with Crippen LogP contribution in [0.3, 0.4) is 0 Å². The Morgan fingerprint density at radius 3 is 2.94 bits per heavy atom. The lowest BCUT2D eigenvalue weighted by Crippen LogP contribution is -2.26. The Kier molecular flexibility index (Phi) is 5.78. The zero-order valence-corrected chi connectivity index (χ0v) is 11.9. The SMILES string of the molecule is CSC(C)CCNC(=O)c1cnc(C)cc1Cl. The second-order valence-corrected chi connectivity index (χ2v) is 5.58. The molecule has 1 rings (SSSR count). The lowest BCUT2D eigenvalue weighted by atomic mass is 10.2. The van der Waals surface area contributed by atoms with E-state index in [1.54, 1.807) is 17.8 Å². The minimum atomic E-state index is -0.157. The number of pyridine rings is 1. The van der Waals surface area contributed by atoms with Gasteiger partial charge in [-0.2, -0.15) is 11.8 Å². The Hall–Kier alpha value is -0.740. The maximum atomic E-state index is 11.8. The molecule has 0 aliphatic heterocycles. The van der Waals surface area contributed by atoms with Gasteiger partial charge in [0.2, 0.25) is 0 Å². The number of aromatic nitrogens is 1. The first-order valence-electron chi connectivity index (χ1n) is 5.47. The molecule has 1 aromatic rings. The average molecular weight is 273 g/mol. The highest BCUT2D eigenvalue weighted by molar-refractivity contribution is 7.99. The number of nitrogens with one attached hydrogen (secondary N) is 1. The van der Waals surface area contributed by atoms with Crippen molar-refractivity contribution in [3.8, 4) is 0 Å². The monoisotopic (exact) mass is 272 g/mol. The topological polar surface area (TPSA) is 42.0 Å². The molecule has 5 heteroatoms. The molecular weight excluding hydrogens is 256 g/mol. The molecule has 0 radical (unpaired) electrons. The van der Waals surface area contributed by atoms with Gasteiger partial charge in [0.1, 0.15) is 0 Å². The van der Waals surface area contributed by atoms with Crippen LogP contribution in [0.25, 0.3) is 0 Å². The highest BCUT2D eigenvalue weighted by Crippen LogP contribution is 2.15. The number of amides is 1. The number of rotatable bonds is 5. The number of nitrogens with zero attached hydrogens (tertiary/aromatic N) is 1. The average Bonchev–Trinajstić information content (AvgIpc) is 2.28.